The highest BCUT2D eigenvalue weighted by molar-refractivity contribution is 7.99. The number of rotatable bonds is 6. The minimum absolute atomic E-state index is 0.0607. The first-order valence-corrected chi connectivity index (χ1v) is 6.40. The van der Waals surface area contributed by atoms with Crippen LogP contribution in [0, 0.1) is 0 Å². The van der Waals surface area contributed by atoms with Crippen LogP contribution in [0.25, 0.3) is 0 Å². The molecule has 96 valence electrons. The van der Waals surface area contributed by atoms with Crippen molar-refractivity contribution in [2.45, 2.75) is 24.6 Å². The average Bonchev–Trinajstić information content (AvgIpc) is 2.75. The molecule has 0 aromatic carbocycles. The predicted octanol–water partition coefficient (Wildman–Crippen LogP) is 0.920. The first kappa shape index (κ1) is 14.0. The van der Waals surface area contributed by atoms with E-state index in [2.05, 4.69) is 22.4 Å². The Kier molecular flexibility index (Phi) is 5.43. The molecule has 1 atom stereocenters. The van der Waals surface area contributed by atoms with Gasteiger partial charge in [0.25, 0.3) is 5.22 Å². The molecule has 0 unspecified atom stereocenters. The van der Waals surface area contributed by atoms with Crippen molar-refractivity contribution in [3.05, 3.63) is 5.89 Å². The highest BCUT2D eigenvalue weighted by Gasteiger charge is 2.19. The zero-order valence-electron chi connectivity index (χ0n) is 10.6. The summed E-state index contributed by atoms with van der Waals surface area (Å²) in [4.78, 5) is 13.1. The molecule has 0 saturated heterocycles. The maximum atomic E-state index is 11.1. The van der Waals surface area contributed by atoms with Gasteiger partial charge in [0.05, 0.1) is 11.8 Å². The van der Waals surface area contributed by atoms with Crippen LogP contribution in [0.15, 0.2) is 9.64 Å². The molecular formula is C10H18N4O2S. The average molecular weight is 258 g/mol. The third-order valence-corrected chi connectivity index (χ3v) is 3.14. The number of carbonyl (C=O) groups excluding carboxylic acids is 1. The third-order valence-electron chi connectivity index (χ3n) is 2.32. The summed E-state index contributed by atoms with van der Waals surface area (Å²) in [7, 11) is 5.53. The molecule has 0 radical (unpaired) electrons. The monoisotopic (exact) mass is 258 g/mol. The van der Waals surface area contributed by atoms with Gasteiger partial charge in [-0.25, -0.2) is 0 Å². The van der Waals surface area contributed by atoms with Crippen LogP contribution < -0.4 is 5.32 Å². The fraction of sp³-hybridized carbons (Fsp3) is 0.700. The molecule has 1 heterocycles. The van der Waals surface area contributed by atoms with Gasteiger partial charge in [-0.2, -0.15) is 0 Å². The van der Waals surface area contributed by atoms with Gasteiger partial charge in [0.2, 0.25) is 11.8 Å². The highest BCUT2D eigenvalue weighted by Crippen LogP contribution is 2.23. The Labute approximate surface area is 105 Å². The van der Waals surface area contributed by atoms with Crippen LogP contribution in [0.2, 0.25) is 0 Å². The Hall–Kier alpha value is -1.08. The SMILES string of the molecule is CC[C@H](c1nnc(SCC(=O)NC)o1)N(C)C. The molecule has 7 heteroatoms. The van der Waals surface area contributed by atoms with Crippen molar-refractivity contribution in [3.63, 3.8) is 0 Å². The summed E-state index contributed by atoms with van der Waals surface area (Å²) in [5.74, 6) is 0.822. The molecule has 0 fully saturated rings. The van der Waals surface area contributed by atoms with E-state index in [0.717, 1.165) is 6.42 Å². The van der Waals surface area contributed by atoms with Crippen molar-refractivity contribution in [1.29, 1.82) is 0 Å². The number of amides is 1. The van der Waals surface area contributed by atoms with E-state index in [4.69, 9.17) is 4.42 Å². The molecule has 0 spiro atoms. The van der Waals surface area contributed by atoms with Crippen LogP contribution in [0.4, 0.5) is 0 Å². The van der Waals surface area contributed by atoms with Crippen molar-refractivity contribution in [3.8, 4) is 0 Å². The molecule has 0 aliphatic rings. The maximum Gasteiger partial charge on any atom is 0.277 e. The maximum absolute atomic E-state index is 11.1. The van der Waals surface area contributed by atoms with Crippen LogP contribution in [-0.4, -0.2) is 47.9 Å². The van der Waals surface area contributed by atoms with E-state index in [0.29, 0.717) is 11.1 Å². The van der Waals surface area contributed by atoms with Crippen LogP contribution in [0.3, 0.4) is 0 Å². The normalized spacial score (nSPS) is 12.8. The van der Waals surface area contributed by atoms with Crippen molar-refractivity contribution in [2.24, 2.45) is 0 Å². The summed E-state index contributed by atoms with van der Waals surface area (Å²) in [5, 5.41) is 10.9. The van der Waals surface area contributed by atoms with Gasteiger partial charge in [-0.15, -0.1) is 10.2 Å². The molecule has 0 aliphatic heterocycles. The molecule has 1 rings (SSSR count). The molecule has 1 amide bonds. The third kappa shape index (κ3) is 4.01. The molecule has 1 N–H and O–H groups in total. The Morgan fingerprint density at radius 1 is 1.53 bits per heavy atom. The van der Waals surface area contributed by atoms with Gasteiger partial charge in [0.1, 0.15) is 0 Å². The molecule has 1 aromatic heterocycles. The predicted molar refractivity (Wildman–Crippen MR) is 65.8 cm³/mol. The Balaban J connectivity index is 2.61. The number of nitrogens with one attached hydrogen (secondary N) is 1. The van der Waals surface area contributed by atoms with E-state index in [1.54, 1.807) is 7.05 Å². The lowest BCUT2D eigenvalue weighted by molar-refractivity contribution is -0.118. The van der Waals surface area contributed by atoms with Gasteiger partial charge in [-0.1, -0.05) is 18.7 Å². The minimum Gasteiger partial charge on any atom is -0.414 e. The second-order valence-corrected chi connectivity index (χ2v) is 4.68. The van der Waals surface area contributed by atoms with E-state index >= 15 is 0 Å². The van der Waals surface area contributed by atoms with Gasteiger partial charge in [0.15, 0.2) is 0 Å². The summed E-state index contributed by atoms with van der Waals surface area (Å²) in [6.45, 7) is 2.06. The molecule has 0 saturated carbocycles. The second kappa shape index (κ2) is 6.61. The smallest absolute Gasteiger partial charge is 0.277 e. The summed E-state index contributed by atoms with van der Waals surface area (Å²) < 4.78 is 5.51. The Morgan fingerprint density at radius 2 is 2.24 bits per heavy atom. The lowest BCUT2D eigenvalue weighted by Crippen LogP contribution is -2.19. The zero-order valence-corrected chi connectivity index (χ0v) is 11.4. The topological polar surface area (TPSA) is 71.3 Å². The summed E-state index contributed by atoms with van der Waals surface area (Å²) >= 11 is 1.24. The molecule has 0 bridgehead atoms. The molecule has 0 aliphatic carbocycles. The van der Waals surface area contributed by atoms with Crippen molar-refractivity contribution < 1.29 is 9.21 Å². The number of hydrogen-bond donors (Lipinski definition) is 1. The van der Waals surface area contributed by atoms with Gasteiger partial charge in [-0.05, 0) is 20.5 Å². The van der Waals surface area contributed by atoms with E-state index in [9.17, 15) is 4.79 Å². The molecular weight excluding hydrogens is 240 g/mol. The number of thioether (sulfide) groups is 1. The van der Waals surface area contributed by atoms with Gasteiger partial charge in [0, 0.05) is 7.05 Å². The summed E-state index contributed by atoms with van der Waals surface area (Å²) in [5.41, 5.74) is 0. The van der Waals surface area contributed by atoms with Gasteiger partial charge in [-0.3, -0.25) is 9.69 Å². The van der Waals surface area contributed by atoms with Crippen molar-refractivity contribution in [1.82, 2.24) is 20.4 Å². The van der Waals surface area contributed by atoms with Crippen LogP contribution in [0.5, 0.6) is 0 Å². The van der Waals surface area contributed by atoms with Crippen LogP contribution in [-0.2, 0) is 4.79 Å². The first-order valence-electron chi connectivity index (χ1n) is 5.41. The zero-order chi connectivity index (χ0) is 12.8. The Bertz CT molecular complexity index is 367. The number of hydrogen-bond acceptors (Lipinski definition) is 6. The molecule has 17 heavy (non-hydrogen) atoms. The van der Waals surface area contributed by atoms with Gasteiger partial charge >= 0.3 is 0 Å². The first-order chi connectivity index (χ1) is 8.08. The van der Waals surface area contributed by atoms with E-state index in [1.165, 1.54) is 11.8 Å². The van der Waals surface area contributed by atoms with Gasteiger partial charge < -0.3 is 9.73 Å². The second-order valence-electron chi connectivity index (χ2n) is 3.76. The fourth-order valence-electron chi connectivity index (χ4n) is 1.37. The lowest BCUT2D eigenvalue weighted by atomic mass is 10.2. The standard InChI is InChI=1S/C10H18N4O2S/c1-5-7(14(3)4)9-12-13-10(16-9)17-6-8(15)11-2/h7H,5-6H2,1-4H3,(H,11,15)/t7-/m1/s1. The van der Waals surface area contributed by atoms with Crippen molar-refractivity contribution >= 4 is 17.7 Å². The number of carbonyl (C=O) groups is 1. The number of aromatic nitrogens is 2. The quantitative estimate of drug-likeness (QED) is 0.765. The summed E-state index contributed by atoms with van der Waals surface area (Å²) in [6, 6.07) is 0.122. The van der Waals surface area contributed by atoms with Crippen LogP contribution in [0.1, 0.15) is 25.3 Å². The molecule has 6 nitrogen and oxygen atoms in total. The summed E-state index contributed by atoms with van der Waals surface area (Å²) in [6.07, 6.45) is 0.898. The lowest BCUT2D eigenvalue weighted by Gasteiger charge is -2.18. The van der Waals surface area contributed by atoms with Crippen LogP contribution >= 0.6 is 11.8 Å². The van der Waals surface area contributed by atoms with E-state index in [-0.39, 0.29) is 17.7 Å². The Morgan fingerprint density at radius 3 is 2.76 bits per heavy atom. The largest absolute Gasteiger partial charge is 0.414 e. The minimum atomic E-state index is -0.0607. The number of nitrogens with zero attached hydrogens (tertiary/aromatic N) is 3. The van der Waals surface area contributed by atoms with Crippen molar-refractivity contribution in [2.75, 3.05) is 26.9 Å². The highest BCUT2D eigenvalue weighted by atomic mass is 32.2. The molecule has 1 aromatic rings. The van der Waals surface area contributed by atoms with E-state index < -0.39 is 0 Å². The van der Waals surface area contributed by atoms with E-state index in [1.807, 2.05) is 19.0 Å². The fourth-order valence-corrected chi connectivity index (χ4v) is 2.02.